The van der Waals surface area contributed by atoms with Crippen molar-refractivity contribution < 1.29 is 35.4 Å². The van der Waals surface area contributed by atoms with Crippen LogP contribution in [0.15, 0.2) is 0 Å². The Morgan fingerprint density at radius 3 is 0.625 bits per heavy atom. The molecular formula is C44H88O8Si4. The molecular weight excluding hydrogens is 769 g/mol. The van der Waals surface area contributed by atoms with Crippen molar-refractivity contribution in [2.75, 3.05) is 26.4 Å². The summed E-state index contributed by atoms with van der Waals surface area (Å²) in [6.07, 6.45) is 19.4. The van der Waals surface area contributed by atoms with Gasteiger partial charge < -0.3 is 35.4 Å². The van der Waals surface area contributed by atoms with Gasteiger partial charge in [0.25, 0.3) is 0 Å². The van der Waals surface area contributed by atoms with Crippen LogP contribution in [0.4, 0.5) is 0 Å². The van der Waals surface area contributed by atoms with Gasteiger partial charge in [0, 0.05) is 72.8 Å². The van der Waals surface area contributed by atoms with Crippen molar-refractivity contribution in [1.29, 1.82) is 0 Å². The molecule has 12 heteroatoms. The second kappa shape index (κ2) is 19.3. The third-order valence-corrected chi connectivity index (χ3v) is 35.2. The molecule has 1 saturated heterocycles. The summed E-state index contributed by atoms with van der Waals surface area (Å²) in [7, 11) is -12.3. The van der Waals surface area contributed by atoms with Crippen LogP contribution in [0.25, 0.3) is 0 Å². The summed E-state index contributed by atoms with van der Waals surface area (Å²) in [5.74, 6) is 0. The zero-order chi connectivity index (χ0) is 40.9. The predicted molar refractivity (Wildman–Crippen MR) is 238 cm³/mol. The highest BCUT2D eigenvalue weighted by Gasteiger charge is 2.69. The zero-order valence-corrected chi connectivity index (χ0v) is 42.5. The quantitative estimate of drug-likeness (QED) is 0.142. The molecule has 56 heavy (non-hydrogen) atoms. The minimum absolute atomic E-state index is 0.238. The highest BCUT2D eigenvalue weighted by atomic mass is 28.5. The molecule has 0 bridgehead atoms. The van der Waals surface area contributed by atoms with E-state index in [9.17, 15) is 0 Å². The summed E-state index contributed by atoms with van der Waals surface area (Å²) in [5.41, 5.74) is 0.704. The first kappa shape index (κ1) is 47.6. The minimum Gasteiger partial charge on any atom is -0.415 e. The van der Waals surface area contributed by atoms with Gasteiger partial charge in [0.2, 0.25) is 0 Å². The molecule has 0 aromatic heterocycles. The minimum atomic E-state index is -3.06. The number of hydrogen-bond acceptors (Lipinski definition) is 8. The molecule has 0 N–H and O–H groups in total. The highest BCUT2D eigenvalue weighted by Crippen LogP contribution is 2.58. The predicted octanol–water partition coefficient (Wildman–Crippen LogP) is 12.9. The standard InChI is InChI=1S/C44H88O8Si4/c1-41(2,3)45-29-33-53(37-21-13-14-22-37)49-54(38-23-15-16-24-38,34-30-46-42(4,5)6)51-56(40-27-19-20-28-40,36-32-48-44(10,11)12)52-55(50-53,39-25-17-18-26-39)35-31-47-43(7,8)9/h37-40H,13-36H2,1-12H3. The van der Waals surface area contributed by atoms with E-state index in [1.807, 2.05) is 0 Å². The first-order chi connectivity index (χ1) is 26.1. The Bertz CT molecular complexity index is 991. The smallest absolute Gasteiger partial charge is 0.326 e. The monoisotopic (exact) mass is 857 g/mol. The molecule has 0 unspecified atom stereocenters. The van der Waals surface area contributed by atoms with Crippen molar-refractivity contribution >= 4 is 34.2 Å². The maximum absolute atomic E-state index is 8.57. The Morgan fingerprint density at radius 1 is 0.321 bits per heavy atom. The van der Waals surface area contributed by atoms with Gasteiger partial charge in [-0.3, -0.25) is 0 Å². The van der Waals surface area contributed by atoms with Crippen LogP contribution in [0.2, 0.25) is 46.3 Å². The molecule has 4 saturated carbocycles. The molecule has 5 rings (SSSR count). The van der Waals surface area contributed by atoms with Gasteiger partial charge in [0.05, 0.1) is 22.4 Å². The van der Waals surface area contributed by atoms with Crippen LogP contribution in [0, 0.1) is 0 Å². The highest BCUT2D eigenvalue weighted by molar-refractivity contribution is 6.96. The molecule has 0 atom stereocenters. The zero-order valence-electron chi connectivity index (χ0n) is 38.5. The van der Waals surface area contributed by atoms with Crippen molar-refractivity contribution in [3.05, 3.63) is 0 Å². The van der Waals surface area contributed by atoms with Gasteiger partial charge in [-0.15, -0.1) is 0 Å². The molecule has 1 aliphatic heterocycles. The summed E-state index contributed by atoms with van der Waals surface area (Å²) in [5, 5.41) is 0. The lowest BCUT2D eigenvalue weighted by molar-refractivity contribution is -0.00200. The van der Waals surface area contributed by atoms with Crippen molar-refractivity contribution in [2.45, 2.75) is 255 Å². The van der Waals surface area contributed by atoms with E-state index in [2.05, 4.69) is 83.1 Å². The van der Waals surface area contributed by atoms with Crippen LogP contribution >= 0.6 is 0 Å². The molecule has 0 aromatic rings. The van der Waals surface area contributed by atoms with E-state index in [0.29, 0.717) is 48.6 Å². The third kappa shape index (κ3) is 13.3. The molecule has 4 aliphatic carbocycles. The summed E-state index contributed by atoms with van der Waals surface area (Å²) < 4.78 is 61.1. The van der Waals surface area contributed by atoms with Crippen LogP contribution in [-0.2, 0) is 35.4 Å². The number of hydrogen-bond donors (Lipinski definition) is 0. The molecule has 0 amide bonds. The molecule has 5 fully saturated rings. The number of rotatable bonds is 16. The van der Waals surface area contributed by atoms with Crippen molar-refractivity contribution in [3.8, 4) is 0 Å². The maximum Gasteiger partial charge on any atom is 0.326 e. The Labute approximate surface area is 349 Å². The lowest BCUT2D eigenvalue weighted by Gasteiger charge is -2.58. The van der Waals surface area contributed by atoms with Crippen molar-refractivity contribution in [3.63, 3.8) is 0 Å². The van der Waals surface area contributed by atoms with E-state index in [0.717, 1.165) is 24.2 Å². The first-order valence-corrected chi connectivity index (χ1v) is 31.8. The summed E-state index contributed by atoms with van der Waals surface area (Å²) in [4.78, 5) is 0. The van der Waals surface area contributed by atoms with Gasteiger partial charge in [0.1, 0.15) is 0 Å². The summed E-state index contributed by atoms with van der Waals surface area (Å²) >= 11 is 0. The Kier molecular flexibility index (Phi) is 16.4. The first-order valence-electron chi connectivity index (χ1n) is 23.4. The van der Waals surface area contributed by atoms with E-state index in [1.54, 1.807) is 0 Å². The lowest BCUT2D eigenvalue weighted by Crippen LogP contribution is -2.74. The normalized spacial score (nSPS) is 32.8. The molecule has 0 aromatic carbocycles. The van der Waals surface area contributed by atoms with Gasteiger partial charge in [-0.25, -0.2) is 0 Å². The van der Waals surface area contributed by atoms with Gasteiger partial charge in [-0.05, 0) is 134 Å². The Hall–Kier alpha value is 0.548. The van der Waals surface area contributed by atoms with Crippen LogP contribution in [0.3, 0.4) is 0 Å². The fourth-order valence-corrected chi connectivity index (χ4v) is 39.1. The third-order valence-electron chi connectivity index (χ3n) is 13.2. The second-order valence-electron chi connectivity index (χ2n) is 22.4. The van der Waals surface area contributed by atoms with Crippen LogP contribution in [0.5, 0.6) is 0 Å². The summed E-state index contributed by atoms with van der Waals surface area (Å²) in [6.45, 7) is 28.9. The Morgan fingerprint density at radius 2 is 0.482 bits per heavy atom. The van der Waals surface area contributed by atoms with E-state index >= 15 is 0 Å². The molecule has 0 spiro atoms. The molecule has 1 heterocycles. The van der Waals surface area contributed by atoms with Gasteiger partial charge in [-0.2, -0.15) is 0 Å². The van der Waals surface area contributed by atoms with Crippen molar-refractivity contribution in [1.82, 2.24) is 0 Å². The average Bonchev–Trinajstić information content (AvgIpc) is 3.90. The largest absolute Gasteiger partial charge is 0.415 e. The van der Waals surface area contributed by atoms with Crippen LogP contribution in [0.1, 0.15) is 186 Å². The topological polar surface area (TPSA) is 73.8 Å². The fraction of sp³-hybridized carbons (Fsp3) is 1.00. The van der Waals surface area contributed by atoms with E-state index in [4.69, 9.17) is 35.4 Å². The van der Waals surface area contributed by atoms with Crippen molar-refractivity contribution in [2.24, 2.45) is 0 Å². The van der Waals surface area contributed by atoms with Crippen LogP contribution < -0.4 is 0 Å². The Balaban J connectivity index is 1.75. The number of ether oxygens (including phenoxy) is 4. The molecule has 328 valence electrons. The molecule has 0 radical (unpaired) electrons. The van der Waals surface area contributed by atoms with Gasteiger partial charge in [-0.1, -0.05) is 51.4 Å². The SMILES string of the molecule is CC(C)(C)OCC[Si]1(C2CCCC2)O[Si](CCOC(C)(C)C)(C2CCCC2)O[Si](CCOC(C)(C)C)(C2CCCC2)O[Si](CCOC(C)(C)C)(C2CCCC2)O1. The fourth-order valence-electron chi connectivity index (χ4n) is 10.6. The van der Waals surface area contributed by atoms with Gasteiger partial charge >= 0.3 is 34.2 Å². The van der Waals surface area contributed by atoms with E-state index in [-0.39, 0.29) is 22.4 Å². The van der Waals surface area contributed by atoms with E-state index < -0.39 is 34.2 Å². The van der Waals surface area contributed by atoms with Gasteiger partial charge in [0.15, 0.2) is 0 Å². The van der Waals surface area contributed by atoms with E-state index in [1.165, 1.54) is 103 Å². The average molecular weight is 858 g/mol. The lowest BCUT2D eigenvalue weighted by atomic mass is 10.2. The molecule has 8 nitrogen and oxygen atoms in total. The maximum atomic E-state index is 8.57. The summed E-state index contributed by atoms with van der Waals surface area (Å²) in [6, 6.07) is 3.37. The van der Waals surface area contributed by atoms with Crippen LogP contribution in [-0.4, -0.2) is 83.1 Å². The molecule has 5 aliphatic rings. The second-order valence-corrected chi connectivity index (χ2v) is 37.5.